The largest absolute Gasteiger partial charge is 0.338 e. The second-order valence-electron chi connectivity index (χ2n) is 6.71. The number of rotatable bonds is 4. The molecule has 1 atom stereocenters. The summed E-state index contributed by atoms with van der Waals surface area (Å²) in [6.45, 7) is 10.1. The minimum absolute atomic E-state index is 0.135. The molecule has 8 heteroatoms. The summed E-state index contributed by atoms with van der Waals surface area (Å²) < 4.78 is 4.58. The average Bonchev–Trinajstić information content (AvgIpc) is 3.09. The first-order valence-electron chi connectivity index (χ1n) is 8.56. The lowest BCUT2D eigenvalue weighted by Gasteiger charge is -2.36. The molecule has 136 valence electrons. The standard InChI is InChI=1S/C17H25BrN6O/c1-12-15(10-21(4)20-12)11-22-5-7-23(8-6-22)17(25)14(3)24-13(2)16(18)9-19-24/h9-10,14H,5-8,11H2,1-4H3. The molecule has 7 nitrogen and oxygen atoms in total. The summed E-state index contributed by atoms with van der Waals surface area (Å²) in [6, 6.07) is -0.279. The van der Waals surface area contributed by atoms with Crippen molar-refractivity contribution in [1.29, 1.82) is 0 Å². The summed E-state index contributed by atoms with van der Waals surface area (Å²) in [5.41, 5.74) is 3.31. The van der Waals surface area contributed by atoms with Gasteiger partial charge in [-0.1, -0.05) is 0 Å². The van der Waals surface area contributed by atoms with Gasteiger partial charge in [0.25, 0.3) is 0 Å². The number of amides is 1. The Morgan fingerprint density at radius 1 is 1.28 bits per heavy atom. The number of halogens is 1. The van der Waals surface area contributed by atoms with E-state index in [1.807, 2.05) is 37.4 Å². The van der Waals surface area contributed by atoms with E-state index in [2.05, 4.69) is 37.2 Å². The fraction of sp³-hybridized carbons (Fsp3) is 0.588. The molecule has 0 spiro atoms. The molecule has 1 saturated heterocycles. The Labute approximate surface area is 156 Å². The van der Waals surface area contributed by atoms with Gasteiger partial charge in [-0.15, -0.1) is 0 Å². The van der Waals surface area contributed by atoms with Crippen LogP contribution in [0.4, 0.5) is 0 Å². The lowest BCUT2D eigenvalue weighted by molar-refractivity contribution is -0.136. The summed E-state index contributed by atoms with van der Waals surface area (Å²) in [7, 11) is 1.95. The van der Waals surface area contributed by atoms with E-state index in [9.17, 15) is 4.79 Å². The third-order valence-corrected chi connectivity index (χ3v) is 5.68. The predicted molar refractivity (Wildman–Crippen MR) is 99.2 cm³/mol. The molecule has 0 N–H and O–H groups in total. The highest BCUT2D eigenvalue weighted by atomic mass is 79.9. The molecule has 0 saturated carbocycles. The highest BCUT2D eigenvalue weighted by Crippen LogP contribution is 2.20. The summed E-state index contributed by atoms with van der Waals surface area (Å²) >= 11 is 3.45. The predicted octanol–water partition coefficient (Wildman–Crippen LogP) is 1.90. The minimum Gasteiger partial charge on any atom is -0.338 e. The van der Waals surface area contributed by atoms with Crippen LogP contribution in [0.15, 0.2) is 16.9 Å². The highest BCUT2D eigenvalue weighted by molar-refractivity contribution is 9.10. The molecule has 1 aliphatic heterocycles. The monoisotopic (exact) mass is 408 g/mol. The van der Waals surface area contributed by atoms with Crippen LogP contribution in [0.3, 0.4) is 0 Å². The summed E-state index contributed by atoms with van der Waals surface area (Å²) in [4.78, 5) is 17.1. The maximum absolute atomic E-state index is 12.8. The van der Waals surface area contributed by atoms with Crippen LogP contribution in [0.25, 0.3) is 0 Å². The molecule has 0 aliphatic carbocycles. The number of aryl methyl sites for hydroxylation is 2. The fourth-order valence-electron chi connectivity index (χ4n) is 3.33. The van der Waals surface area contributed by atoms with Crippen molar-refractivity contribution >= 4 is 21.8 Å². The quantitative estimate of drug-likeness (QED) is 0.774. The van der Waals surface area contributed by atoms with Crippen molar-refractivity contribution < 1.29 is 4.79 Å². The Kier molecular flexibility index (Phi) is 5.29. The Bertz CT molecular complexity index is 759. The van der Waals surface area contributed by atoms with Gasteiger partial charge in [0, 0.05) is 51.5 Å². The number of nitrogens with zero attached hydrogens (tertiary/aromatic N) is 6. The minimum atomic E-state index is -0.279. The van der Waals surface area contributed by atoms with Crippen LogP contribution in [0.5, 0.6) is 0 Å². The van der Waals surface area contributed by atoms with Crippen molar-refractivity contribution in [2.24, 2.45) is 7.05 Å². The van der Waals surface area contributed by atoms with Gasteiger partial charge in [-0.2, -0.15) is 10.2 Å². The Balaban J connectivity index is 1.57. The van der Waals surface area contributed by atoms with Crippen LogP contribution < -0.4 is 0 Å². The van der Waals surface area contributed by atoms with E-state index < -0.39 is 0 Å². The SMILES string of the molecule is Cc1nn(C)cc1CN1CCN(C(=O)C(C)n2ncc(Br)c2C)CC1. The van der Waals surface area contributed by atoms with Gasteiger partial charge in [0.1, 0.15) is 6.04 Å². The maximum Gasteiger partial charge on any atom is 0.247 e. The van der Waals surface area contributed by atoms with Gasteiger partial charge >= 0.3 is 0 Å². The van der Waals surface area contributed by atoms with E-state index in [0.29, 0.717) is 0 Å². The van der Waals surface area contributed by atoms with E-state index in [-0.39, 0.29) is 11.9 Å². The second kappa shape index (κ2) is 7.29. The van der Waals surface area contributed by atoms with Crippen molar-refractivity contribution in [3.05, 3.63) is 33.8 Å². The Morgan fingerprint density at radius 3 is 2.48 bits per heavy atom. The third kappa shape index (κ3) is 3.79. The first-order chi connectivity index (χ1) is 11.9. The Morgan fingerprint density at radius 2 is 1.96 bits per heavy atom. The zero-order valence-electron chi connectivity index (χ0n) is 15.2. The Hall–Kier alpha value is -1.67. The van der Waals surface area contributed by atoms with E-state index >= 15 is 0 Å². The van der Waals surface area contributed by atoms with Crippen LogP contribution in [-0.2, 0) is 18.4 Å². The molecule has 1 fully saturated rings. The summed E-state index contributed by atoms with van der Waals surface area (Å²) in [5.74, 6) is 0.135. The topological polar surface area (TPSA) is 59.2 Å². The normalized spacial score (nSPS) is 17.1. The lowest BCUT2D eigenvalue weighted by Crippen LogP contribution is -2.50. The number of piperazine rings is 1. The van der Waals surface area contributed by atoms with Gasteiger partial charge in [0.05, 0.1) is 22.1 Å². The molecular weight excluding hydrogens is 384 g/mol. The van der Waals surface area contributed by atoms with Crippen LogP contribution in [0, 0.1) is 13.8 Å². The second-order valence-corrected chi connectivity index (χ2v) is 7.57. The zero-order chi connectivity index (χ0) is 18.1. The van der Waals surface area contributed by atoms with E-state index in [0.717, 1.165) is 48.6 Å². The van der Waals surface area contributed by atoms with Crippen molar-refractivity contribution in [1.82, 2.24) is 29.4 Å². The highest BCUT2D eigenvalue weighted by Gasteiger charge is 2.27. The zero-order valence-corrected chi connectivity index (χ0v) is 16.8. The van der Waals surface area contributed by atoms with Crippen molar-refractivity contribution in [2.75, 3.05) is 26.2 Å². The van der Waals surface area contributed by atoms with Crippen molar-refractivity contribution in [3.63, 3.8) is 0 Å². The molecule has 3 rings (SSSR count). The molecule has 0 bridgehead atoms. The third-order valence-electron chi connectivity index (χ3n) is 4.90. The van der Waals surface area contributed by atoms with Gasteiger partial charge in [-0.3, -0.25) is 19.1 Å². The molecule has 25 heavy (non-hydrogen) atoms. The van der Waals surface area contributed by atoms with Gasteiger partial charge < -0.3 is 4.90 Å². The number of hydrogen-bond donors (Lipinski definition) is 0. The molecule has 2 aromatic heterocycles. The lowest BCUT2D eigenvalue weighted by atomic mass is 10.2. The summed E-state index contributed by atoms with van der Waals surface area (Å²) in [5, 5.41) is 8.72. The molecule has 0 aromatic carbocycles. The number of carbonyl (C=O) groups is 1. The number of hydrogen-bond acceptors (Lipinski definition) is 4. The average molecular weight is 409 g/mol. The van der Waals surface area contributed by atoms with E-state index in [1.165, 1.54) is 5.56 Å². The first kappa shape index (κ1) is 18.1. The molecular formula is C17H25BrN6O. The van der Waals surface area contributed by atoms with Crippen LogP contribution in [-0.4, -0.2) is 61.4 Å². The smallest absolute Gasteiger partial charge is 0.247 e. The van der Waals surface area contributed by atoms with Crippen molar-refractivity contribution in [2.45, 2.75) is 33.4 Å². The maximum atomic E-state index is 12.8. The van der Waals surface area contributed by atoms with Crippen molar-refractivity contribution in [3.8, 4) is 0 Å². The molecule has 3 heterocycles. The first-order valence-corrected chi connectivity index (χ1v) is 9.36. The van der Waals surface area contributed by atoms with Gasteiger partial charge in [0.15, 0.2) is 0 Å². The molecule has 1 amide bonds. The van der Waals surface area contributed by atoms with Gasteiger partial charge in [-0.05, 0) is 36.7 Å². The van der Waals surface area contributed by atoms with Gasteiger partial charge in [-0.25, -0.2) is 0 Å². The van der Waals surface area contributed by atoms with E-state index in [4.69, 9.17) is 0 Å². The number of aromatic nitrogens is 4. The molecule has 2 aromatic rings. The number of carbonyl (C=O) groups excluding carboxylic acids is 1. The van der Waals surface area contributed by atoms with Crippen LogP contribution in [0.1, 0.15) is 29.9 Å². The molecule has 1 aliphatic rings. The van der Waals surface area contributed by atoms with Crippen LogP contribution >= 0.6 is 15.9 Å². The van der Waals surface area contributed by atoms with E-state index in [1.54, 1.807) is 10.9 Å². The molecule has 0 radical (unpaired) electrons. The molecule has 1 unspecified atom stereocenters. The fourth-order valence-corrected chi connectivity index (χ4v) is 3.61. The van der Waals surface area contributed by atoms with Gasteiger partial charge in [0.2, 0.25) is 5.91 Å². The summed E-state index contributed by atoms with van der Waals surface area (Å²) in [6.07, 6.45) is 3.82. The van der Waals surface area contributed by atoms with Crippen LogP contribution in [0.2, 0.25) is 0 Å².